The zero-order chi connectivity index (χ0) is 45.6. The summed E-state index contributed by atoms with van der Waals surface area (Å²) in [4.78, 5) is 48.4. The van der Waals surface area contributed by atoms with E-state index >= 15 is 0 Å². The summed E-state index contributed by atoms with van der Waals surface area (Å²) in [7, 11) is 1.66. The largest absolute Gasteiger partial charge is 0.444 e. The lowest BCUT2D eigenvalue weighted by Gasteiger charge is -2.24. The number of thiazole rings is 1. The number of likely N-dealkylation sites (N-methyl/N-ethyl adjacent to an activating group) is 1. The van der Waals surface area contributed by atoms with Gasteiger partial charge >= 0.3 is 12.1 Å². The highest BCUT2D eigenvalue weighted by molar-refractivity contribution is 8.05. The summed E-state index contributed by atoms with van der Waals surface area (Å²) in [5.41, 5.74) is 3.13. The fourth-order valence-electron chi connectivity index (χ4n) is 4.83. The summed E-state index contributed by atoms with van der Waals surface area (Å²) in [6.07, 6.45) is 18.0. The lowest BCUT2D eigenvalue weighted by atomic mass is 10.2. The van der Waals surface area contributed by atoms with E-state index < -0.39 is 6.09 Å². The van der Waals surface area contributed by atoms with Gasteiger partial charge in [0, 0.05) is 56.0 Å². The maximum atomic E-state index is 12.8. The first-order valence-electron chi connectivity index (χ1n) is 20.1. The molecule has 2 heterocycles. The van der Waals surface area contributed by atoms with Crippen LogP contribution in [-0.4, -0.2) is 104 Å². The van der Waals surface area contributed by atoms with Gasteiger partial charge in [0.05, 0.1) is 37.0 Å². The molecule has 330 valence electrons. The molecule has 1 aliphatic heterocycles. The van der Waals surface area contributed by atoms with Gasteiger partial charge in [-0.3, -0.25) is 9.69 Å². The lowest BCUT2D eigenvalue weighted by Crippen LogP contribution is -2.43. The van der Waals surface area contributed by atoms with Crippen molar-refractivity contribution in [3.8, 4) is 25.7 Å². The zero-order valence-electron chi connectivity index (χ0n) is 37.2. The minimum atomic E-state index is -0.426. The number of hydrogen-bond acceptors (Lipinski definition) is 9. The van der Waals surface area contributed by atoms with Crippen LogP contribution in [-0.2, 0) is 27.4 Å². The van der Waals surface area contributed by atoms with Crippen LogP contribution in [0.2, 0.25) is 0 Å². The van der Waals surface area contributed by atoms with Crippen molar-refractivity contribution >= 4 is 41.1 Å². The van der Waals surface area contributed by atoms with Crippen LogP contribution in [0.1, 0.15) is 75.7 Å². The number of hydrogen-bond donors (Lipinski definition) is 2. The quantitative estimate of drug-likeness (QED) is 0.108. The van der Waals surface area contributed by atoms with E-state index in [1.54, 1.807) is 28.7 Å². The monoisotopic (exact) mass is 862 g/mol. The molecule has 1 aromatic heterocycles. The number of carbonyl (C=O) groups is 3. The molecule has 0 aliphatic carbocycles. The minimum absolute atomic E-state index is 0.139. The minimum Gasteiger partial charge on any atom is -0.444 e. The van der Waals surface area contributed by atoms with Crippen molar-refractivity contribution in [3.63, 3.8) is 0 Å². The van der Waals surface area contributed by atoms with Gasteiger partial charge in [0.1, 0.15) is 6.61 Å². The van der Waals surface area contributed by atoms with Crippen LogP contribution in [0.15, 0.2) is 89.0 Å². The number of amides is 4. The third kappa shape index (κ3) is 27.6. The van der Waals surface area contributed by atoms with Crippen LogP contribution in [0, 0.1) is 32.6 Å². The first-order valence-corrected chi connectivity index (χ1v) is 21.9. The molecule has 4 rings (SSSR count). The number of carbonyl (C=O) groups excluding carboxylic acids is 3. The highest BCUT2D eigenvalue weighted by Crippen LogP contribution is 2.20. The van der Waals surface area contributed by atoms with Gasteiger partial charge in [0.25, 0.3) is 0 Å². The standard InChI is InChI=1S/C28H39N5O4S2.C7H8.C6H13NO.C2H6.2C2H2/c1-6-24(38-7-2)19-37-28(36)33(17-22-12-9-8-10-13-22)15-11-14-29-25(34)16-30-27(35)32(5)18-23-20-39-26(31-23)21(3)4;1-7-5-3-2-4-6-7;1-2-7-3-5-8-6-4-7;3*1-2/h6-10,12-13,20-21H,2,11,14-19H2,1,3-5H3,(H,29,34)(H,30,35);2-6H,1H3;2-6H2,1H3;1-2H3;2*1-2H/b24-6-;;;;;. The summed E-state index contributed by atoms with van der Waals surface area (Å²) < 4.78 is 10.7. The second-order valence-corrected chi connectivity index (χ2v) is 14.7. The third-order valence-corrected chi connectivity index (χ3v) is 10.0. The molecule has 1 saturated heterocycles. The summed E-state index contributed by atoms with van der Waals surface area (Å²) in [6, 6.07) is 19.6. The molecule has 0 saturated carbocycles. The normalized spacial score (nSPS) is 11.6. The molecule has 3 aromatic rings. The third-order valence-electron chi connectivity index (χ3n) is 8.00. The Hall–Kier alpha value is -5.05. The molecule has 1 aliphatic rings. The summed E-state index contributed by atoms with van der Waals surface area (Å²) in [5.74, 6) is 0.0408. The number of urea groups is 1. The predicted molar refractivity (Wildman–Crippen MR) is 254 cm³/mol. The molecule has 4 amide bonds. The Kier molecular flexibility index (Phi) is 36.3. The van der Waals surface area contributed by atoms with Crippen LogP contribution in [0.25, 0.3) is 0 Å². The number of benzene rings is 2. The number of aryl methyl sites for hydroxylation is 1. The fraction of sp³-hybridized carbons (Fsp3) is 0.447. The average Bonchev–Trinajstić information content (AvgIpc) is 3.77. The maximum Gasteiger partial charge on any atom is 0.410 e. The van der Waals surface area contributed by atoms with E-state index in [-0.39, 0.29) is 25.1 Å². The molecule has 0 spiro atoms. The SMILES string of the molecule is C#C.C#C.C=CS/C(=C\C)COC(=O)N(CCCNC(=O)CNC(=O)N(C)Cc1csc(C(C)C)n1)Cc1ccccc1.CC.CCN1CCOCC1.Cc1ccccc1. The zero-order valence-corrected chi connectivity index (χ0v) is 38.9. The number of allylic oxidation sites excluding steroid dienone is 1. The molecule has 13 heteroatoms. The van der Waals surface area contributed by atoms with Crippen molar-refractivity contribution in [1.82, 2.24) is 30.3 Å². The highest BCUT2D eigenvalue weighted by atomic mass is 32.2. The highest BCUT2D eigenvalue weighted by Gasteiger charge is 2.17. The van der Waals surface area contributed by atoms with Crippen molar-refractivity contribution in [3.05, 3.63) is 111 Å². The van der Waals surface area contributed by atoms with Crippen LogP contribution >= 0.6 is 23.1 Å². The van der Waals surface area contributed by atoms with Crippen LogP contribution in [0.5, 0.6) is 0 Å². The first-order chi connectivity index (χ1) is 29.1. The topological polar surface area (TPSA) is 116 Å². The number of rotatable bonds is 16. The Morgan fingerprint density at radius 3 is 2.08 bits per heavy atom. The van der Waals surface area contributed by atoms with Crippen molar-refractivity contribution < 1.29 is 23.9 Å². The summed E-state index contributed by atoms with van der Waals surface area (Å²) in [5, 5.41) is 10.1. The number of thioether (sulfide) groups is 1. The van der Waals surface area contributed by atoms with Gasteiger partial charge in [-0.15, -0.1) is 37.0 Å². The van der Waals surface area contributed by atoms with E-state index in [2.05, 4.69) is 92.6 Å². The van der Waals surface area contributed by atoms with Gasteiger partial charge in [-0.2, -0.15) is 0 Å². The first kappa shape index (κ1) is 57.0. The maximum absolute atomic E-state index is 12.8. The van der Waals surface area contributed by atoms with Crippen LogP contribution < -0.4 is 10.6 Å². The number of nitrogens with zero attached hydrogens (tertiary/aromatic N) is 4. The molecule has 0 radical (unpaired) electrons. The molecule has 0 atom stereocenters. The van der Waals surface area contributed by atoms with E-state index in [0.29, 0.717) is 38.5 Å². The van der Waals surface area contributed by atoms with Crippen LogP contribution in [0.4, 0.5) is 9.59 Å². The Morgan fingerprint density at radius 2 is 1.60 bits per heavy atom. The smallest absolute Gasteiger partial charge is 0.410 e. The van der Waals surface area contributed by atoms with Crippen molar-refractivity contribution in [2.45, 2.75) is 73.9 Å². The van der Waals surface area contributed by atoms with Crippen LogP contribution in [0.3, 0.4) is 0 Å². The summed E-state index contributed by atoms with van der Waals surface area (Å²) >= 11 is 2.99. The van der Waals surface area contributed by atoms with Crippen molar-refractivity contribution in [1.29, 1.82) is 0 Å². The molecule has 60 heavy (non-hydrogen) atoms. The molecular formula is C47H70N6O5S2. The molecule has 11 nitrogen and oxygen atoms in total. The molecule has 2 aromatic carbocycles. The number of terminal acetylenes is 2. The van der Waals surface area contributed by atoms with E-state index in [1.807, 2.05) is 80.8 Å². The number of ether oxygens (including phenoxy) is 2. The van der Waals surface area contributed by atoms with Gasteiger partial charge in [0.2, 0.25) is 5.91 Å². The Labute approximate surface area is 370 Å². The second kappa shape index (κ2) is 38.2. The van der Waals surface area contributed by atoms with E-state index in [0.717, 1.165) is 47.5 Å². The molecule has 0 unspecified atom stereocenters. The van der Waals surface area contributed by atoms with Gasteiger partial charge in [-0.25, -0.2) is 14.6 Å². The van der Waals surface area contributed by atoms with E-state index in [1.165, 1.54) is 28.8 Å². The van der Waals surface area contributed by atoms with Crippen molar-refractivity contribution in [2.75, 3.05) is 66.1 Å². The Bertz CT molecular complexity index is 1620. The number of nitrogens with one attached hydrogen (secondary N) is 2. The fourth-order valence-corrected chi connectivity index (χ4v) is 6.14. The van der Waals surface area contributed by atoms with E-state index in [9.17, 15) is 14.4 Å². The number of aromatic nitrogens is 1. The molecule has 0 bridgehead atoms. The lowest BCUT2D eigenvalue weighted by molar-refractivity contribution is -0.120. The Morgan fingerprint density at radius 1 is 1.00 bits per heavy atom. The van der Waals surface area contributed by atoms with Gasteiger partial charge in [0.15, 0.2) is 0 Å². The van der Waals surface area contributed by atoms with Gasteiger partial charge in [-0.05, 0) is 37.8 Å². The van der Waals surface area contributed by atoms with Gasteiger partial charge < -0.3 is 29.9 Å². The average molecular weight is 863 g/mol. The van der Waals surface area contributed by atoms with E-state index in [4.69, 9.17) is 9.47 Å². The molecular weight excluding hydrogens is 793 g/mol. The predicted octanol–water partition coefficient (Wildman–Crippen LogP) is 9.19. The summed E-state index contributed by atoms with van der Waals surface area (Å²) in [6.45, 7) is 24.8. The molecule has 2 N–H and O–H groups in total. The second-order valence-electron chi connectivity index (χ2n) is 12.8. The Balaban J connectivity index is 0. The van der Waals surface area contributed by atoms with Crippen molar-refractivity contribution in [2.24, 2.45) is 0 Å². The number of morpholine rings is 1. The van der Waals surface area contributed by atoms with Gasteiger partial charge in [-0.1, -0.05) is 125 Å². The molecule has 1 fully saturated rings.